The van der Waals surface area contributed by atoms with Crippen LogP contribution in [0, 0.1) is 0 Å². The van der Waals surface area contributed by atoms with Crippen molar-refractivity contribution < 1.29 is 18.3 Å². The van der Waals surface area contributed by atoms with Crippen LogP contribution in [0.25, 0.3) is 0 Å². The molecular weight excluding hydrogens is 267 g/mol. The summed E-state index contributed by atoms with van der Waals surface area (Å²) >= 11 is 0. The highest BCUT2D eigenvalue weighted by molar-refractivity contribution is 5.27. The van der Waals surface area contributed by atoms with Crippen LogP contribution in [-0.2, 0) is 6.18 Å². The molecular formula is C15H20F3NO. The molecule has 1 atom stereocenters. The van der Waals surface area contributed by atoms with Crippen LogP contribution >= 0.6 is 0 Å². The maximum absolute atomic E-state index is 12.5. The lowest BCUT2D eigenvalue weighted by Crippen LogP contribution is -2.46. The molecule has 0 spiro atoms. The number of halogens is 3. The molecule has 0 radical (unpaired) electrons. The van der Waals surface area contributed by atoms with Crippen LogP contribution in [0.1, 0.15) is 43.9 Å². The lowest BCUT2D eigenvalue weighted by molar-refractivity contribution is -0.137. The first-order valence-corrected chi connectivity index (χ1v) is 6.83. The van der Waals surface area contributed by atoms with Gasteiger partial charge in [0.2, 0.25) is 0 Å². The van der Waals surface area contributed by atoms with Gasteiger partial charge in [-0.05, 0) is 57.5 Å². The van der Waals surface area contributed by atoms with Gasteiger partial charge in [0, 0.05) is 5.54 Å². The molecule has 2 rings (SSSR count). The van der Waals surface area contributed by atoms with Gasteiger partial charge in [-0.3, -0.25) is 4.90 Å². The predicted octanol–water partition coefficient (Wildman–Crippen LogP) is 3.61. The van der Waals surface area contributed by atoms with Gasteiger partial charge < -0.3 is 5.11 Å². The summed E-state index contributed by atoms with van der Waals surface area (Å²) in [5.41, 5.74) is -0.640. The highest BCUT2D eigenvalue weighted by Gasteiger charge is 2.37. The summed E-state index contributed by atoms with van der Waals surface area (Å²) in [6.45, 7) is 5.71. The van der Waals surface area contributed by atoms with Crippen LogP contribution in [-0.4, -0.2) is 28.6 Å². The molecule has 0 amide bonds. The molecule has 1 heterocycles. The van der Waals surface area contributed by atoms with Crippen LogP contribution in [0.5, 0.6) is 0 Å². The van der Waals surface area contributed by atoms with Gasteiger partial charge in [0.1, 0.15) is 0 Å². The summed E-state index contributed by atoms with van der Waals surface area (Å²) in [7, 11) is 0. The number of rotatable bonds is 3. The van der Waals surface area contributed by atoms with Crippen molar-refractivity contribution >= 4 is 0 Å². The Morgan fingerprint density at radius 1 is 1.05 bits per heavy atom. The Labute approximate surface area is 117 Å². The van der Waals surface area contributed by atoms with E-state index in [0.717, 1.165) is 38.1 Å². The number of aliphatic hydroxyl groups is 1. The SMILES string of the molecule is CC(C)(C(O)c1ccc(C(F)(F)F)cc1)N1CCCC1. The molecule has 0 bridgehead atoms. The number of alkyl halides is 3. The fourth-order valence-electron chi connectivity index (χ4n) is 2.73. The van der Waals surface area contributed by atoms with E-state index in [1.165, 1.54) is 12.1 Å². The molecule has 0 aliphatic carbocycles. The van der Waals surface area contributed by atoms with E-state index in [-0.39, 0.29) is 0 Å². The van der Waals surface area contributed by atoms with E-state index in [4.69, 9.17) is 0 Å². The normalized spacial score (nSPS) is 19.3. The Morgan fingerprint density at radius 3 is 2.00 bits per heavy atom. The molecule has 1 aromatic rings. The molecule has 1 aromatic carbocycles. The number of benzene rings is 1. The van der Waals surface area contributed by atoms with Crippen molar-refractivity contribution in [1.82, 2.24) is 4.90 Å². The van der Waals surface area contributed by atoms with Crippen molar-refractivity contribution in [2.75, 3.05) is 13.1 Å². The Bertz CT molecular complexity index is 447. The molecule has 1 aliphatic heterocycles. The first-order chi connectivity index (χ1) is 9.23. The maximum Gasteiger partial charge on any atom is 0.416 e. The zero-order valence-corrected chi connectivity index (χ0v) is 11.7. The minimum Gasteiger partial charge on any atom is -0.386 e. The summed E-state index contributed by atoms with van der Waals surface area (Å²) < 4.78 is 37.6. The monoisotopic (exact) mass is 287 g/mol. The number of aliphatic hydroxyl groups excluding tert-OH is 1. The van der Waals surface area contributed by atoms with Crippen molar-refractivity contribution in [2.24, 2.45) is 0 Å². The molecule has 20 heavy (non-hydrogen) atoms. The van der Waals surface area contributed by atoms with Crippen LogP contribution in [0.4, 0.5) is 13.2 Å². The summed E-state index contributed by atoms with van der Waals surface area (Å²) in [6.07, 6.45) is -2.94. The van der Waals surface area contributed by atoms with Crippen molar-refractivity contribution in [3.8, 4) is 0 Å². The largest absolute Gasteiger partial charge is 0.416 e. The summed E-state index contributed by atoms with van der Waals surface area (Å²) in [5, 5.41) is 10.5. The highest BCUT2D eigenvalue weighted by Crippen LogP contribution is 2.35. The van der Waals surface area contributed by atoms with Gasteiger partial charge in [-0.2, -0.15) is 13.2 Å². The molecule has 1 unspecified atom stereocenters. The molecule has 1 N–H and O–H groups in total. The van der Waals surface area contributed by atoms with E-state index in [1.54, 1.807) is 0 Å². The Morgan fingerprint density at radius 2 is 1.55 bits per heavy atom. The third-order valence-corrected chi connectivity index (χ3v) is 4.14. The van der Waals surface area contributed by atoms with Gasteiger partial charge in [-0.25, -0.2) is 0 Å². The van der Waals surface area contributed by atoms with E-state index in [9.17, 15) is 18.3 Å². The number of nitrogens with zero attached hydrogens (tertiary/aromatic N) is 1. The van der Waals surface area contributed by atoms with E-state index < -0.39 is 23.4 Å². The predicted molar refractivity (Wildman–Crippen MR) is 71.3 cm³/mol. The average molecular weight is 287 g/mol. The second-order valence-corrected chi connectivity index (χ2v) is 5.87. The Hall–Kier alpha value is -1.07. The van der Waals surface area contributed by atoms with Gasteiger partial charge in [-0.1, -0.05) is 12.1 Å². The van der Waals surface area contributed by atoms with Gasteiger partial charge >= 0.3 is 6.18 Å². The molecule has 112 valence electrons. The number of hydrogen-bond donors (Lipinski definition) is 1. The van der Waals surface area contributed by atoms with Crippen LogP contribution < -0.4 is 0 Å². The van der Waals surface area contributed by atoms with E-state index >= 15 is 0 Å². The van der Waals surface area contributed by atoms with Crippen LogP contribution in [0.2, 0.25) is 0 Å². The third kappa shape index (κ3) is 2.99. The van der Waals surface area contributed by atoms with Crippen molar-refractivity contribution in [2.45, 2.75) is 44.5 Å². The van der Waals surface area contributed by atoms with Crippen molar-refractivity contribution in [3.63, 3.8) is 0 Å². The molecule has 1 saturated heterocycles. The Kier molecular flexibility index (Phi) is 4.12. The van der Waals surface area contributed by atoms with E-state index in [0.29, 0.717) is 5.56 Å². The second-order valence-electron chi connectivity index (χ2n) is 5.87. The van der Waals surface area contributed by atoms with Crippen LogP contribution in [0.15, 0.2) is 24.3 Å². The summed E-state index contributed by atoms with van der Waals surface area (Å²) in [5.74, 6) is 0. The quantitative estimate of drug-likeness (QED) is 0.918. The fraction of sp³-hybridized carbons (Fsp3) is 0.600. The zero-order valence-electron chi connectivity index (χ0n) is 11.7. The minimum absolute atomic E-state index is 0.476. The van der Waals surface area contributed by atoms with Gasteiger partial charge in [0.25, 0.3) is 0 Å². The lowest BCUT2D eigenvalue weighted by atomic mass is 9.89. The lowest BCUT2D eigenvalue weighted by Gasteiger charge is -2.39. The van der Waals surface area contributed by atoms with Gasteiger partial charge in [0.15, 0.2) is 0 Å². The molecule has 0 aromatic heterocycles. The average Bonchev–Trinajstić information content (AvgIpc) is 2.91. The van der Waals surface area contributed by atoms with Gasteiger partial charge in [-0.15, -0.1) is 0 Å². The molecule has 0 saturated carbocycles. The Balaban J connectivity index is 2.18. The summed E-state index contributed by atoms with van der Waals surface area (Å²) in [4.78, 5) is 2.19. The van der Waals surface area contributed by atoms with Crippen molar-refractivity contribution in [3.05, 3.63) is 35.4 Å². The zero-order chi connectivity index (χ0) is 15.0. The van der Waals surface area contributed by atoms with Gasteiger partial charge in [0.05, 0.1) is 11.7 Å². The molecule has 5 heteroatoms. The number of likely N-dealkylation sites (tertiary alicyclic amines) is 1. The smallest absolute Gasteiger partial charge is 0.386 e. The second kappa shape index (κ2) is 5.37. The molecule has 1 fully saturated rings. The maximum atomic E-state index is 12.5. The van der Waals surface area contributed by atoms with E-state index in [2.05, 4.69) is 4.90 Å². The van der Waals surface area contributed by atoms with E-state index in [1.807, 2.05) is 13.8 Å². The summed E-state index contributed by atoms with van der Waals surface area (Å²) in [6, 6.07) is 4.79. The molecule has 1 aliphatic rings. The topological polar surface area (TPSA) is 23.5 Å². The number of hydrogen-bond acceptors (Lipinski definition) is 2. The van der Waals surface area contributed by atoms with Crippen LogP contribution in [0.3, 0.4) is 0 Å². The molecule has 2 nitrogen and oxygen atoms in total. The minimum atomic E-state index is -4.34. The standard InChI is InChI=1S/C15H20F3NO/c1-14(2,19-9-3-4-10-19)13(20)11-5-7-12(8-6-11)15(16,17)18/h5-8,13,20H,3-4,9-10H2,1-2H3. The highest BCUT2D eigenvalue weighted by atomic mass is 19.4. The van der Waals surface area contributed by atoms with Crippen molar-refractivity contribution in [1.29, 1.82) is 0 Å². The first-order valence-electron chi connectivity index (χ1n) is 6.83. The fourth-order valence-corrected chi connectivity index (χ4v) is 2.73. The third-order valence-electron chi connectivity index (χ3n) is 4.14. The first kappa shape index (κ1) is 15.3.